The largest absolute Gasteiger partial charge is 0.496 e. The molecule has 1 saturated heterocycles. The average Bonchev–Trinajstić information content (AvgIpc) is 3.26. The summed E-state index contributed by atoms with van der Waals surface area (Å²) in [5.74, 6) is 1.06. The minimum Gasteiger partial charge on any atom is -0.496 e. The fourth-order valence-electron chi connectivity index (χ4n) is 3.92. The van der Waals surface area contributed by atoms with Crippen LogP contribution in [0, 0.1) is 0 Å². The van der Waals surface area contributed by atoms with Gasteiger partial charge in [-0.15, -0.1) is 0 Å². The molecule has 1 fully saturated rings. The lowest BCUT2D eigenvalue weighted by Crippen LogP contribution is -2.39. The third kappa shape index (κ3) is 3.65. The monoisotopic (exact) mass is 364 g/mol. The summed E-state index contributed by atoms with van der Waals surface area (Å²) in [5, 5.41) is 10.8. The molecule has 0 unspecified atom stereocenters. The van der Waals surface area contributed by atoms with Gasteiger partial charge in [-0.25, -0.2) is 0 Å². The second-order valence-corrected chi connectivity index (χ2v) is 6.93. The SMILES string of the molecule is COc1ccc2ccccc2c1CCC(=O)N1CCC(n2nccn2)CC1. The third-order valence-corrected chi connectivity index (χ3v) is 5.39. The Bertz CT molecular complexity index is 915. The van der Waals surface area contributed by atoms with Gasteiger partial charge in [0.15, 0.2) is 0 Å². The van der Waals surface area contributed by atoms with E-state index in [1.54, 1.807) is 24.3 Å². The topological polar surface area (TPSA) is 60.2 Å². The number of amides is 1. The van der Waals surface area contributed by atoms with Gasteiger partial charge in [0.1, 0.15) is 5.75 Å². The molecule has 4 rings (SSSR count). The van der Waals surface area contributed by atoms with Gasteiger partial charge in [0.2, 0.25) is 5.91 Å². The van der Waals surface area contributed by atoms with Crippen LogP contribution in [-0.4, -0.2) is 46.0 Å². The Balaban J connectivity index is 1.41. The fourth-order valence-corrected chi connectivity index (χ4v) is 3.92. The molecule has 140 valence electrons. The van der Waals surface area contributed by atoms with E-state index < -0.39 is 0 Å². The van der Waals surface area contributed by atoms with Crippen LogP contribution < -0.4 is 4.74 Å². The molecule has 3 aromatic rings. The molecule has 6 nitrogen and oxygen atoms in total. The number of carbonyl (C=O) groups excluding carboxylic acids is 1. The van der Waals surface area contributed by atoms with Crippen LogP contribution in [0.3, 0.4) is 0 Å². The number of ether oxygens (including phenoxy) is 1. The molecule has 27 heavy (non-hydrogen) atoms. The maximum Gasteiger partial charge on any atom is 0.222 e. The van der Waals surface area contributed by atoms with Gasteiger partial charge in [0.25, 0.3) is 0 Å². The van der Waals surface area contributed by atoms with E-state index in [2.05, 4.69) is 28.4 Å². The van der Waals surface area contributed by atoms with Gasteiger partial charge in [-0.3, -0.25) is 4.79 Å². The molecule has 2 heterocycles. The van der Waals surface area contributed by atoms with Gasteiger partial charge in [-0.2, -0.15) is 15.0 Å². The zero-order valence-electron chi connectivity index (χ0n) is 15.5. The molecular weight excluding hydrogens is 340 g/mol. The van der Waals surface area contributed by atoms with E-state index in [1.165, 1.54) is 5.39 Å². The van der Waals surface area contributed by atoms with Crippen molar-refractivity contribution < 1.29 is 9.53 Å². The number of hydrogen-bond acceptors (Lipinski definition) is 4. The zero-order chi connectivity index (χ0) is 18.6. The Labute approximate surface area is 158 Å². The number of benzene rings is 2. The van der Waals surface area contributed by atoms with Crippen molar-refractivity contribution >= 4 is 16.7 Å². The van der Waals surface area contributed by atoms with Crippen molar-refractivity contribution in [3.63, 3.8) is 0 Å². The second kappa shape index (κ2) is 7.78. The number of fused-ring (bicyclic) bond motifs is 1. The summed E-state index contributed by atoms with van der Waals surface area (Å²) in [5.41, 5.74) is 1.11. The Morgan fingerprint density at radius 1 is 1.11 bits per heavy atom. The maximum atomic E-state index is 12.7. The number of rotatable bonds is 5. The molecule has 1 amide bonds. The summed E-state index contributed by atoms with van der Waals surface area (Å²) in [6.07, 6.45) is 6.39. The van der Waals surface area contributed by atoms with E-state index in [4.69, 9.17) is 4.74 Å². The van der Waals surface area contributed by atoms with E-state index in [9.17, 15) is 4.79 Å². The number of methoxy groups -OCH3 is 1. The third-order valence-electron chi connectivity index (χ3n) is 5.39. The first-order valence-electron chi connectivity index (χ1n) is 9.44. The van der Waals surface area contributed by atoms with E-state index in [0.29, 0.717) is 18.9 Å². The first-order chi connectivity index (χ1) is 13.3. The molecule has 0 bridgehead atoms. The predicted octanol–water partition coefficient (Wildman–Crippen LogP) is 3.24. The molecule has 0 radical (unpaired) electrons. The Hall–Kier alpha value is -2.89. The van der Waals surface area contributed by atoms with Crippen LogP contribution in [-0.2, 0) is 11.2 Å². The molecular formula is C21H24N4O2. The summed E-state index contributed by atoms with van der Waals surface area (Å²) in [6.45, 7) is 1.52. The van der Waals surface area contributed by atoms with Crippen LogP contribution in [0.25, 0.3) is 10.8 Å². The lowest BCUT2D eigenvalue weighted by atomic mass is 9.99. The number of aryl methyl sites for hydroxylation is 1. The molecule has 1 aliphatic heterocycles. The minimum atomic E-state index is 0.205. The number of piperidine rings is 1. The highest BCUT2D eigenvalue weighted by Gasteiger charge is 2.24. The molecule has 0 spiro atoms. The summed E-state index contributed by atoms with van der Waals surface area (Å²) in [7, 11) is 1.68. The molecule has 0 N–H and O–H groups in total. The number of hydrogen-bond donors (Lipinski definition) is 0. The van der Waals surface area contributed by atoms with Gasteiger partial charge in [-0.05, 0) is 36.1 Å². The lowest BCUT2D eigenvalue weighted by Gasteiger charge is -2.31. The second-order valence-electron chi connectivity index (χ2n) is 6.93. The van der Waals surface area contributed by atoms with Crippen LogP contribution in [0.1, 0.15) is 30.9 Å². The number of aromatic nitrogens is 3. The van der Waals surface area contributed by atoms with Crippen LogP contribution in [0.4, 0.5) is 0 Å². The first kappa shape index (κ1) is 17.5. The fraction of sp³-hybridized carbons (Fsp3) is 0.381. The molecule has 1 aliphatic rings. The lowest BCUT2D eigenvalue weighted by molar-refractivity contribution is -0.132. The normalized spacial score (nSPS) is 15.2. The zero-order valence-corrected chi connectivity index (χ0v) is 15.5. The highest BCUT2D eigenvalue weighted by Crippen LogP contribution is 2.29. The van der Waals surface area contributed by atoms with Crippen LogP contribution in [0.15, 0.2) is 48.8 Å². The van der Waals surface area contributed by atoms with Crippen LogP contribution >= 0.6 is 0 Å². The summed E-state index contributed by atoms with van der Waals surface area (Å²) < 4.78 is 5.55. The van der Waals surface area contributed by atoms with Crippen molar-refractivity contribution in [2.24, 2.45) is 0 Å². The first-order valence-corrected chi connectivity index (χ1v) is 9.44. The van der Waals surface area contributed by atoms with Crippen molar-refractivity contribution in [1.29, 1.82) is 0 Å². The van der Waals surface area contributed by atoms with E-state index in [1.807, 2.05) is 23.1 Å². The highest BCUT2D eigenvalue weighted by atomic mass is 16.5. The van der Waals surface area contributed by atoms with Crippen molar-refractivity contribution in [2.45, 2.75) is 31.7 Å². The molecule has 0 aliphatic carbocycles. The van der Waals surface area contributed by atoms with Crippen molar-refractivity contribution in [2.75, 3.05) is 20.2 Å². The van der Waals surface area contributed by atoms with Crippen LogP contribution in [0.2, 0.25) is 0 Å². The Kier molecular flexibility index (Phi) is 5.05. The molecule has 2 aromatic carbocycles. The predicted molar refractivity (Wildman–Crippen MR) is 104 cm³/mol. The minimum absolute atomic E-state index is 0.205. The maximum absolute atomic E-state index is 12.7. The van der Waals surface area contributed by atoms with Gasteiger partial charge in [0.05, 0.1) is 25.5 Å². The molecule has 6 heteroatoms. The number of nitrogens with zero attached hydrogens (tertiary/aromatic N) is 4. The van der Waals surface area contributed by atoms with E-state index >= 15 is 0 Å². The summed E-state index contributed by atoms with van der Waals surface area (Å²) in [6, 6.07) is 12.6. The summed E-state index contributed by atoms with van der Waals surface area (Å²) in [4.78, 5) is 16.5. The average molecular weight is 364 g/mol. The number of likely N-dealkylation sites (tertiary alicyclic amines) is 1. The van der Waals surface area contributed by atoms with Crippen molar-refractivity contribution in [1.82, 2.24) is 19.9 Å². The Morgan fingerprint density at radius 2 is 1.85 bits per heavy atom. The number of carbonyl (C=O) groups is 1. The molecule has 0 atom stereocenters. The standard InChI is InChI=1S/C21H24N4O2/c1-27-20-8-6-16-4-2-3-5-18(16)19(20)7-9-21(26)24-14-10-17(11-15-24)25-22-12-13-23-25/h2-6,8,12-13,17H,7,9-11,14-15H2,1H3. The van der Waals surface area contributed by atoms with Crippen molar-refractivity contribution in [3.8, 4) is 5.75 Å². The van der Waals surface area contributed by atoms with Crippen LogP contribution in [0.5, 0.6) is 5.75 Å². The van der Waals surface area contributed by atoms with Gasteiger partial charge in [0, 0.05) is 25.1 Å². The Morgan fingerprint density at radius 3 is 2.59 bits per heavy atom. The smallest absolute Gasteiger partial charge is 0.222 e. The quantitative estimate of drug-likeness (QED) is 0.697. The highest BCUT2D eigenvalue weighted by molar-refractivity contribution is 5.88. The van der Waals surface area contributed by atoms with E-state index in [-0.39, 0.29) is 5.91 Å². The summed E-state index contributed by atoms with van der Waals surface area (Å²) >= 11 is 0. The van der Waals surface area contributed by atoms with E-state index in [0.717, 1.165) is 42.6 Å². The van der Waals surface area contributed by atoms with Crippen molar-refractivity contribution in [3.05, 3.63) is 54.4 Å². The van der Waals surface area contributed by atoms with Gasteiger partial charge in [-0.1, -0.05) is 30.3 Å². The molecule has 0 saturated carbocycles. The van der Waals surface area contributed by atoms with Gasteiger partial charge < -0.3 is 9.64 Å². The molecule has 1 aromatic heterocycles. The van der Waals surface area contributed by atoms with Gasteiger partial charge >= 0.3 is 0 Å².